The average Bonchev–Trinajstić information content (AvgIpc) is 3.00. The van der Waals surface area contributed by atoms with E-state index in [9.17, 15) is 4.79 Å². The standard InChI is InChI=1S/C16H31N3O4/c1-4-23-15(20)6-5-8-18-16(17-2)19-9-7-14(12-19)13-22-11-10-21-3/h14H,4-13H2,1-3H3,(H,17,18). The van der Waals surface area contributed by atoms with Gasteiger partial charge in [-0.1, -0.05) is 0 Å². The predicted molar refractivity (Wildman–Crippen MR) is 89.6 cm³/mol. The summed E-state index contributed by atoms with van der Waals surface area (Å²) in [5.41, 5.74) is 0. The topological polar surface area (TPSA) is 72.4 Å². The molecule has 0 bridgehead atoms. The molecule has 1 aliphatic rings. The molecule has 0 spiro atoms. The fourth-order valence-electron chi connectivity index (χ4n) is 2.55. The van der Waals surface area contributed by atoms with Crippen LogP contribution in [0.3, 0.4) is 0 Å². The Bertz CT molecular complexity index is 363. The van der Waals surface area contributed by atoms with Gasteiger partial charge in [-0.2, -0.15) is 0 Å². The summed E-state index contributed by atoms with van der Waals surface area (Å²) in [4.78, 5) is 17.9. The number of nitrogens with zero attached hydrogens (tertiary/aromatic N) is 2. The van der Waals surface area contributed by atoms with E-state index in [1.165, 1.54) is 0 Å². The summed E-state index contributed by atoms with van der Waals surface area (Å²) >= 11 is 0. The highest BCUT2D eigenvalue weighted by Gasteiger charge is 2.24. The maximum Gasteiger partial charge on any atom is 0.305 e. The number of nitrogens with one attached hydrogen (secondary N) is 1. The molecule has 0 amide bonds. The van der Waals surface area contributed by atoms with Gasteiger partial charge in [0.15, 0.2) is 5.96 Å². The molecular formula is C16H31N3O4. The van der Waals surface area contributed by atoms with Crippen molar-refractivity contribution in [2.24, 2.45) is 10.9 Å². The van der Waals surface area contributed by atoms with Crippen LogP contribution in [0.2, 0.25) is 0 Å². The van der Waals surface area contributed by atoms with Gasteiger partial charge < -0.3 is 24.4 Å². The molecule has 1 atom stereocenters. The zero-order chi connectivity index (χ0) is 16.9. The van der Waals surface area contributed by atoms with Crippen LogP contribution in [0.1, 0.15) is 26.2 Å². The second kappa shape index (κ2) is 12.1. The molecule has 0 aliphatic carbocycles. The minimum Gasteiger partial charge on any atom is -0.466 e. The summed E-state index contributed by atoms with van der Waals surface area (Å²) in [6.07, 6.45) is 2.29. The van der Waals surface area contributed by atoms with Gasteiger partial charge in [0.05, 0.1) is 26.4 Å². The second-order valence-corrected chi connectivity index (χ2v) is 5.55. The van der Waals surface area contributed by atoms with Gasteiger partial charge in [0.25, 0.3) is 0 Å². The molecule has 23 heavy (non-hydrogen) atoms. The van der Waals surface area contributed by atoms with E-state index in [1.54, 1.807) is 14.2 Å². The molecule has 1 rings (SSSR count). The van der Waals surface area contributed by atoms with Crippen LogP contribution in [0, 0.1) is 5.92 Å². The molecule has 1 unspecified atom stereocenters. The second-order valence-electron chi connectivity index (χ2n) is 5.55. The first kappa shape index (κ1) is 19.7. The third-order valence-corrected chi connectivity index (χ3v) is 3.73. The summed E-state index contributed by atoms with van der Waals surface area (Å²) in [6.45, 7) is 6.96. The number of guanidine groups is 1. The molecular weight excluding hydrogens is 298 g/mol. The molecule has 7 heteroatoms. The van der Waals surface area contributed by atoms with Crippen LogP contribution in [-0.2, 0) is 19.0 Å². The first-order valence-corrected chi connectivity index (χ1v) is 8.39. The third kappa shape index (κ3) is 8.18. The number of carbonyl (C=O) groups is 1. The first-order valence-electron chi connectivity index (χ1n) is 8.39. The van der Waals surface area contributed by atoms with Crippen molar-refractivity contribution < 1.29 is 19.0 Å². The van der Waals surface area contributed by atoms with Gasteiger partial charge in [0.1, 0.15) is 0 Å². The lowest BCUT2D eigenvalue weighted by Gasteiger charge is -2.21. The third-order valence-electron chi connectivity index (χ3n) is 3.73. The number of aliphatic imine (C=N–C) groups is 1. The Morgan fingerprint density at radius 1 is 1.39 bits per heavy atom. The minimum atomic E-state index is -0.140. The van der Waals surface area contributed by atoms with Crippen molar-refractivity contribution in [3.63, 3.8) is 0 Å². The normalized spacial score (nSPS) is 18.3. The van der Waals surface area contributed by atoms with Gasteiger partial charge in [-0.15, -0.1) is 0 Å². The Morgan fingerprint density at radius 3 is 2.91 bits per heavy atom. The van der Waals surface area contributed by atoms with Gasteiger partial charge in [-0.25, -0.2) is 0 Å². The molecule has 1 saturated heterocycles. The van der Waals surface area contributed by atoms with Gasteiger partial charge in [0, 0.05) is 46.1 Å². The summed E-state index contributed by atoms with van der Waals surface area (Å²) in [7, 11) is 3.47. The van der Waals surface area contributed by atoms with Crippen molar-refractivity contribution in [3.8, 4) is 0 Å². The van der Waals surface area contributed by atoms with Crippen LogP contribution in [-0.4, -0.2) is 77.0 Å². The first-order chi connectivity index (χ1) is 11.2. The molecule has 7 nitrogen and oxygen atoms in total. The highest BCUT2D eigenvalue weighted by molar-refractivity contribution is 5.80. The molecule has 0 aromatic carbocycles. The summed E-state index contributed by atoms with van der Waals surface area (Å²) < 4.78 is 15.5. The fourth-order valence-corrected chi connectivity index (χ4v) is 2.55. The molecule has 1 N–H and O–H groups in total. The Morgan fingerprint density at radius 2 is 2.22 bits per heavy atom. The van der Waals surface area contributed by atoms with E-state index in [0.29, 0.717) is 32.2 Å². The highest BCUT2D eigenvalue weighted by Crippen LogP contribution is 2.16. The number of esters is 1. The van der Waals surface area contributed by atoms with Crippen molar-refractivity contribution in [2.75, 3.05) is 60.2 Å². The van der Waals surface area contributed by atoms with E-state index in [4.69, 9.17) is 14.2 Å². The number of likely N-dealkylation sites (tertiary alicyclic amines) is 1. The largest absolute Gasteiger partial charge is 0.466 e. The SMILES string of the molecule is CCOC(=O)CCCNC(=NC)N1CCC(COCCOC)C1. The lowest BCUT2D eigenvalue weighted by atomic mass is 10.1. The van der Waals surface area contributed by atoms with Crippen LogP contribution >= 0.6 is 0 Å². The Labute approximate surface area is 139 Å². The molecule has 134 valence electrons. The zero-order valence-electron chi connectivity index (χ0n) is 14.7. The molecule has 0 aromatic heterocycles. The Kier molecular flexibility index (Phi) is 10.4. The van der Waals surface area contributed by atoms with E-state index >= 15 is 0 Å². The lowest BCUT2D eigenvalue weighted by Crippen LogP contribution is -2.40. The van der Waals surface area contributed by atoms with Gasteiger partial charge in [0.2, 0.25) is 0 Å². The van der Waals surface area contributed by atoms with Gasteiger partial charge in [-0.3, -0.25) is 9.79 Å². The van der Waals surface area contributed by atoms with E-state index in [-0.39, 0.29) is 5.97 Å². The van der Waals surface area contributed by atoms with Crippen molar-refractivity contribution in [2.45, 2.75) is 26.2 Å². The van der Waals surface area contributed by atoms with Crippen LogP contribution in [0.4, 0.5) is 0 Å². The minimum absolute atomic E-state index is 0.140. The molecule has 0 aromatic rings. The lowest BCUT2D eigenvalue weighted by molar-refractivity contribution is -0.143. The van der Waals surface area contributed by atoms with Gasteiger partial charge >= 0.3 is 5.97 Å². The fraction of sp³-hybridized carbons (Fsp3) is 0.875. The summed E-state index contributed by atoms with van der Waals surface area (Å²) in [5, 5.41) is 3.31. The van der Waals surface area contributed by atoms with E-state index in [1.807, 2.05) is 6.92 Å². The van der Waals surface area contributed by atoms with E-state index in [0.717, 1.165) is 45.0 Å². The zero-order valence-corrected chi connectivity index (χ0v) is 14.7. The maximum absolute atomic E-state index is 11.3. The number of carbonyl (C=O) groups excluding carboxylic acids is 1. The number of methoxy groups -OCH3 is 1. The number of hydrogen-bond acceptors (Lipinski definition) is 5. The van der Waals surface area contributed by atoms with Crippen LogP contribution < -0.4 is 5.32 Å². The molecule has 1 aliphatic heterocycles. The molecule has 0 radical (unpaired) electrons. The van der Waals surface area contributed by atoms with Crippen molar-refractivity contribution in [3.05, 3.63) is 0 Å². The van der Waals surface area contributed by atoms with Crippen LogP contribution in [0.25, 0.3) is 0 Å². The van der Waals surface area contributed by atoms with Gasteiger partial charge in [-0.05, 0) is 19.8 Å². The Hall–Kier alpha value is -1.34. The van der Waals surface area contributed by atoms with E-state index < -0.39 is 0 Å². The van der Waals surface area contributed by atoms with Crippen molar-refractivity contribution in [1.82, 2.24) is 10.2 Å². The van der Waals surface area contributed by atoms with Crippen LogP contribution in [0.5, 0.6) is 0 Å². The summed E-state index contributed by atoms with van der Waals surface area (Å²) in [5.74, 6) is 1.29. The molecule has 0 saturated carbocycles. The quantitative estimate of drug-likeness (QED) is 0.278. The predicted octanol–water partition coefficient (Wildman–Crippen LogP) is 0.890. The van der Waals surface area contributed by atoms with Crippen molar-refractivity contribution >= 4 is 11.9 Å². The highest BCUT2D eigenvalue weighted by atomic mass is 16.5. The summed E-state index contributed by atoms with van der Waals surface area (Å²) in [6, 6.07) is 0. The molecule has 1 fully saturated rings. The number of ether oxygens (including phenoxy) is 3. The van der Waals surface area contributed by atoms with Crippen LogP contribution in [0.15, 0.2) is 4.99 Å². The van der Waals surface area contributed by atoms with Crippen molar-refractivity contribution in [1.29, 1.82) is 0 Å². The maximum atomic E-state index is 11.3. The Balaban J connectivity index is 2.19. The van der Waals surface area contributed by atoms with E-state index in [2.05, 4.69) is 15.2 Å². The monoisotopic (exact) mass is 329 g/mol. The molecule has 1 heterocycles. The number of rotatable bonds is 10. The number of hydrogen-bond donors (Lipinski definition) is 1. The average molecular weight is 329 g/mol. The smallest absolute Gasteiger partial charge is 0.305 e.